The second kappa shape index (κ2) is 7.13. The lowest BCUT2D eigenvalue weighted by atomic mass is 10.2. The average Bonchev–Trinajstić information content (AvgIpc) is 3.00. The predicted octanol–water partition coefficient (Wildman–Crippen LogP) is 4.00. The minimum absolute atomic E-state index is 0.00658. The Morgan fingerprint density at radius 1 is 1.31 bits per heavy atom. The molecule has 0 fully saturated rings. The Balaban J connectivity index is 1.77. The molecule has 0 N–H and O–H groups in total. The van der Waals surface area contributed by atoms with Crippen LogP contribution < -0.4 is 0 Å². The monoisotopic (exact) mass is 375 g/mol. The van der Waals surface area contributed by atoms with Crippen molar-refractivity contribution in [1.82, 2.24) is 9.47 Å². The van der Waals surface area contributed by atoms with Gasteiger partial charge in [0.1, 0.15) is 12.4 Å². The predicted molar refractivity (Wildman–Crippen MR) is 96.5 cm³/mol. The van der Waals surface area contributed by atoms with Gasteiger partial charge >= 0.3 is 0 Å². The molecule has 0 aliphatic carbocycles. The molecule has 1 aromatic heterocycles. The number of nitro groups is 1. The molecular weight excluding hydrogens is 361 g/mol. The Kier molecular flexibility index (Phi) is 4.90. The van der Waals surface area contributed by atoms with Crippen LogP contribution in [0.15, 0.2) is 48.7 Å². The number of hydrogen-bond donors (Lipinski definition) is 0. The Hall–Kier alpha value is -2.93. The number of aromatic nitrogens is 1. The third-order valence-corrected chi connectivity index (χ3v) is 4.51. The minimum Gasteiger partial charge on any atom is -0.340 e. The van der Waals surface area contributed by atoms with Crippen LogP contribution in [0.25, 0.3) is 10.9 Å². The second-order valence-corrected chi connectivity index (χ2v) is 6.30. The van der Waals surface area contributed by atoms with Gasteiger partial charge in [-0.05, 0) is 24.3 Å². The number of benzene rings is 2. The van der Waals surface area contributed by atoms with Gasteiger partial charge in [-0.1, -0.05) is 17.7 Å². The molecular formula is C18H15ClFN3O3. The molecule has 0 aliphatic heterocycles. The van der Waals surface area contributed by atoms with E-state index in [1.807, 2.05) is 0 Å². The Morgan fingerprint density at radius 3 is 2.77 bits per heavy atom. The Morgan fingerprint density at radius 2 is 2.08 bits per heavy atom. The molecule has 0 saturated heterocycles. The highest BCUT2D eigenvalue weighted by molar-refractivity contribution is 6.31. The topological polar surface area (TPSA) is 68.4 Å². The van der Waals surface area contributed by atoms with Crippen LogP contribution in [-0.4, -0.2) is 27.3 Å². The number of rotatable bonds is 5. The van der Waals surface area contributed by atoms with E-state index in [9.17, 15) is 19.3 Å². The average molecular weight is 376 g/mol. The van der Waals surface area contributed by atoms with Crippen molar-refractivity contribution in [2.75, 3.05) is 7.05 Å². The van der Waals surface area contributed by atoms with E-state index in [1.54, 1.807) is 36.0 Å². The zero-order valence-corrected chi connectivity index (χ0v) is 14.6. The maximum atomic E-state index is 13.9. The van der Waals surface area contributed by atoms with Crippen molar-refractivity contribution >= 4 is 34.1 Å². The Labute approximate surface area is 153 Å². The maximum absolute atomic E-state index is 13.9. The number of likely N-dealkylation sites (N-methyl/N-ethyl adjacent to an activating group) is 1. The number of fused-ring (bicyclic) bond motifs is 1. The number of amides is 1. The summed E-state index contributed by atoms with van der Waals surface area (Å²) in [5.74, 6) is -0.698. The van der Waals surface area contributed by atoms with Gasteiger partial charge in [-0.2, -0.15) is 0 Å². The van der Waals surface area contributed by atoms with Gasteiger partial charge in [0.25, 0.3) is 5.69 Å². The molecule has 1 amide bonds. The van der Waals surface area contributed by atoms with Crippen LogP contribution in [0.2, 0.25) is 5.02 Å². The van der Waals surface area contributed by atoms with E-state index >= 15 is 0 Å². The molecule has 0 radical (unpaired) electrons. The summed E-state index contributed by atoms with van der Waals surface area (Å²) in [7, 11) is 1.57. The molecule has 3 rings (SSSR count). The molecule has 0 spiro atoms. The molecule has 0 saturated carbocycles. The third kappa shape index (κ3) is 3.52. The summed E-state index contributed by atoms with van der Waals surface area (Å²) < 4.78 is 15.6. The van der Waals surface area contributed by atoms with Gasteiger partial charge in [-0.3, -0.25) is 14.9 Å². The third-order valence-electron chi connectivity index (χ3n) is 4.15. The summed E-state index contributed by atoms with van der Waals surface area (Å²) in [4.78, 5) is 24.3. The van der Waals surface area contributed by atoms with E-state index in [1.165, 1.54) is 29.2 Å². The number of nitrogens with zero attached hydrogens (tertiary/aromatic N) is 3. The fraction of sp³-hybridized carbons (Fsp3) is 0.167. The van der Waals surface area contributed by atoms with Crippen molar-refractivity contribution in [2.24, 2.45) is 0 Å². The molecule has 1 heterocycles. The zero-order chi connectivity index (χ0) is 18.8. The van der Waals surface area contributed by atoms with E-state index in [0.717, 1.165) is 0 Å². The van der Waals surface area contributed by atoms with Crippen LogP contribution >= 0.6 is 11.6 Å². The number of carbonyl (C=O) groups excluding carboxylic acids is 1. The summed E-state index contributed by atoms with van der Waals surface area (Å²) in [5.41, 5.74) is 0.965. The van der Waals surface area contributed by atoms with Crippen molar-refractivity contribution in [3.05, 3.63) is 75.2 Å². The van der Waals surface area contributed by atoms with Gasteiger partial charge < -0.3 is 9.47 Å². The molecule has 0 bridgehead atoms. The number of non-ortho nitro benzene ring substituents is 1. The van der Waals surface area contributed by atoms with Gasteiger partial charge in [-0.15, -0.1) is 0 Å². The quantitative estimate of drug-likeness (QED) is 0.500. The summed E-state index contributed by atoms with van der Waals surface area (Å²) in [5, 5.41) is 11.8. The summed E-state index contributed by atoms with van der Waals surface area (Å²) in [6, 6.07) is 10.5. The van der Waals surface area contributed by atoms with Gasteiger partial charge in [0.2, 0.25) is 5.91 Å². The largest absolute Gasteiger partial charge is 0.340 e. The fourth-order valence-electron chi connectivity index (χ4n) is 2.71. The van der Waals surface area contributed by atoms with E-state index < -0.39 is 10.7 Å². The zero-order valence-electron chi connectivity index (χ0n) is 13.9. The van der Waals surface area contributed by atoms with Crippen LogP contribution in [0, 0.1) is 15.9 Å². The van der Waals surface area contributed by atoms with E-state index in [-0.39, 0.29) is 35.3 Å². The SMILES string of the molecule is CN(Cc1c(F)cccc1Cl)C(=O)Cn1ccc2cc([N+](=O)[O-])ccc21. The van der Waals surface area contributed by atoms with E-state index in [4.69, 9.17) is 11.6 Å². The lowest BCUT2D eigenvalue weighted by molar-refractivity contribution is -0.384. The second-order valence-electron chi connectivity index (χ2n) is 5.89. The highest BCUT2D eigenvalue weighted by Crippen LogP contribution is 2.23. The maximum Gasteiger partial charge on any atom is 0.270 e. The molecule has 8 heteroatoms. The van der Waals surface area contributed by atoms with Crippen molar-refractivity contribution in [3.8, 4) is 0 Å². The van der Waals surface area contributed by atoms with Crippen molar-refractivity contribution in [1.29, 1.82) is 0 Å². The van der Waals surface area contributed by atoms with E-state index in [2.05, 4.69) is 0 Å². The standard InChI is InChI=1S/C18H15ClFN3O3/c1-21(10-14-15(19)3-2-4-16(14)20)18(24)11-22-8-7-12-9-13(23(25)26)5-6-17(12)22/h2-9H,10-11H2,1H3. The normalized spacial score (nSPS) is 10.9. The molecule has 0 aliphatic rings. The first-order valence-electron chi connectivity index (χ1n) is 7.77. The van der Waals surface area contributed by atoms with Crippen molar-refractivity contribution in [3.63, 3.8) is 0 Å². The number of halogens is 2. The first kappa shape index (κ1) is 17.9. The minimum atomic E-state index is -0.464. The van der Waals surface area contributed by atoms with Crippen LogP contribution in [0.5, 0.6) is 0 Å². The highest BCUT2D eigenvalue weighted by atomic mass is 35.5. The molecule has 134 valence electrons. The van der Waals surface area contributed by atoms with Crippen molar-refractivity contribution in [2.45, 2.75) is 13.1 Å². The number of carbonyl (C=O) groups is 1. The summed E-state index contributed by atoms with van der Waals surface area (Å²) in [6.45, 7) is 0.0822. The number of hydrogen-bond acceptors (Lipinski definition) is 3. The molecule has 26 heavy (non-hydrogen) atoms. The molecule has 0 atom stereocenters. The van der Waals surface area contributed by atoms with E-state index in [0.29, 0.717) is 10.9 Å². The molecule has 6 nitrogen and oxygen atoms in total. The highest BCUT2D eigenvalue weighted by Gasteiger charge is 2.16. The van der Waals surface area contributed by atoms with Gasteiger partial charge in [0.05, 0.1) is 4.92 Å². The Bertz CT molecular complexity index is 982. The fourth-order valence-corrected chi connectivity index (χ4v) is 2.94. The van der Waals surface area contributed by atoms with Crippen LogP contribution in [0.4, 0.5) is 10.1 Å². The molecule has 0 unspecified atom stereocenters. The lowest BCUT2D eigenvalue weighted by Crippen LogP contribution is -2.30. The first-order chi connectivity index (χ1) is 12.4. The molecule has 3 aromatic rings. The van der Waals surface area contributed by atoms with Gasteiger partial charge in [0.15, 0.2) is 0 Å². The van der Waals surface area contributed by atoms with Gasteiger partial charge in [0, 0.05) is 53.4 Å². The van der Waals surface area contributed by atoms with Crippen LogP contribution in [-0.2, 0) is 17.9 Å². The van der Waals surface area contributed by atoms with Gasteiger partial charge in [-0.25, -0.2) is 4.39 Å². The molecule has 2 aromatic carbocycles. The van der Waals surface area contributed by atoms with Crippen LogP contribution in [0.3, 0.4) is 0 Å². The first-order valence-corrected chi connectivity index (χ1v) is 8.15. The number of nitro benzene ring substituents is 1. The summed E-state index contributed by atoms with van der Waals surface area (Å²) >= 11 is 6.00. The van der Waals surface area contributed by atoms with Crippen molar-refractivity contribution < 1.29 is 14.1 Å². The smallest absolute Gasteiger partial charge is 0.270 e. The lowest BCUT2D eigenvalue weighted by Gasteiger charge is -2.19. The summed E-state index contributed by atoms with van der Waals surface area (Å²) in [6.07, 6.45) is 1.69. The van der Waals surface area contributed by atoms with Crippen LogP contribution in [0.1, 0.15) is 5.56 Å².